The van der Waals surface area contributed by atoms with E-state index in [9.17, 15) is 5.11 Å². The standard InChI is InChI=1S/C19H28N4O2/c1-14(2)19-21-20-18(25-19)13-22-9-10-23(15(3)11-22)12-17(24)16-7-5-4-6-8-16/h4-8,14-15,17,24H,9-13H2,1-3H3/t15-,17+/m0/s1. The molecule has 0 saturated carbocycles. The third-order valence-corrected chi connectivity index (χ3v) is 4.78. The highest BCUT2D eigenvalue weighted by Gasteiger charge is 2.26. The average molecular weight is 344 g/mol. The largest absolute Gasteiger partial charge is 0.424 e. The molecule has 3 rings (SSSR count). The number of benzene rings is 1. The van der Waals surface area contributed by atoms with Crippen LogP contribution < -0.4 is 0 Å². The SMILES string of the molecule is CC(C)c1nnc(CN2CCN(C[C@@H](O)c3ccccc3)[C@@H](C)C2)o1. The lowest BCUT2D eigenvalue weighted by Crippen LogP contribution is -2.52. The van der Waals surface area contributed by atoms with E-state index in [0.717, 1.165) is 25.2 Å². The van der Waals surface area contributed by atoms with Crippen molar-refractivity contribution in [3.63, 3.8) is 0 Å². The Kier molecular flexibility index (Phi) is 5.83. The summed E-state index contributed by atoms with van der Waals surface area (Å²) in [4.78, 5) is 4.69. The quantitative estimate of drug-likeness (QED) is 0.868. The Bertz CT molecular complexity index is 658. The Labute approximate surface area is 149 Å². The van der Waals surface area contributed by atoms with Crippen molar-refractivity contribution in [3.05, 3.63) is 47.7 Å². The Morgan fingerprint density at radius 1 is 1.20 bits per heavy atom. The van der Waals surface area contributed by atoms with Gasteiger partial charge in [0.15, 0.2) is 0 Å². The molecular formula is C19H28N4O2. The summed E-state index contributed by atoms with van der Waals surface area (Å²) in [5.74, 6) is 1.65. The van der Waals surface area contributed by atoms with Crippen molar-refractivity contribution in [2.45, 2.75) is 45.4 Å². The molecule has 0 radical (unpaired) electrons. The van der Waals surface area contributed by atoms with Crippen molar-refractivity contribution in [1.29, 1.82) is 0 Å². The fraction of sp³-hybridized carbons (Fsp3) is 0.579. The van der Waals surface area contributed by atoms with Gasteiger partial charge in [0.05, 0.1) is 12.6 Å². The van der Waals surface area contributed by atoms with Crippen LogP contribution in [0.4, 0.5) is 0 Å². The Morgan fingerprint density at radius 2 is 1.96 bits per heavy atom. The molecule has 136 valence electrons. The molecule has 2 heterocycles. The van der Waals surface area contributed by atoms with E-state index in [1.54, 1.807) is 0 Å². The summed E-state index contributed by atoms with van der Waals surface area (Å²) in [7, 11) is 0. The normalized spacial score (nSPS) is 20.9. The fourth-order valence-corrected chi connectivity index (χ4v) is 3.24. The number of hydrogen-bond acceptors (Lipinski definition) is 6. The highest BCUT2D eigenvalue weighted by molar-refractivity contribution is 5.17. The predicted octanol–water partition coefficient (Wildman–Crippen LogP) is 2.43. The minimum absolute atomic E-state index is 0.261. The molecular weight excluding hydrogens is 316 g/mol. The number of nitrogens with zero attached hydrogens (tertiary/aromatic N) is 4. The van der Waals surface area contributed by atoms with Gasteiger partial charge in [0, 0.05) is 38.1 Å². The van der Waals surface area contributed by atoms with Crippen LogP contribution in [-0.4, -0.2) is 57.3 Å². The summed E-state index contributed by atoms with van der Waals surface area (Å²) in [6, 6.07) is 10.2. The number of aliphatic hydroxyl groups excluding tert-OH is 1. The molecule has 2 atom stereocenters. The molecule has 1 aromatic heterocycles. The second-order valence-corrected chi connectivity index (χ2v) is 7.19. The number of β-amino-alcohol motifs (C(OH)–C–C–N with tert-alkyl or cyclic N) is 1. The molecule has 1 saturated heterocycles. The third kappa shape index (κ3) is 4.66. The zero-order valence-electron chi connectivity index (χ0n) is 15.3. The van der Waals surface area contributed by atoms with E-state index in [-0.39, 0.29) is 5.92 Å². The molecule has 1 N–H and O–H groups in total. The first-order chi connectivity index (χ1) is 12.0. The Morgan fingerprint density at radius 3 is 2.60 bits per heavy atom. The van der Waals surface area contributed by atoms with E-state index in [1.807, 2.05) is 30.3 Å². The minimum Gasteiger partial charge on any atom is -0.424 e. The number of aliphatic hydroxyl groups is 1. The van der Waals surface area contributed by atoms with Gasteiger partial charge in [0.25, 0.3) is 0 Å². The molecule has 0 spiro atoms. The molecule has 1 aromatic carbocycles. The molecule has 0 amide bonds. The highest BCUT2D eigenvalue weighted by atomic mass is 16.4. The van der Waals surface area contributed by atoms with Crippen molar-refractivity contribution < 1.29 is 9.52 Å². The molecule has 0 unspecified atom stereocenters. The van der Waals surface area contributed by atoms with Gasteiger partial charge in [-0.1, -0.05) is 44.2 Å². The molecule has 0 aliphatic carbocycles. The predicted molar refractivity (Wildman–Crippen MR) is 96.1 cm³/mol. The molecule has 1 fully saturated rings. The summed E-state index contributed by atoms with van der Waals surface area (Å²) in [5.41, 5.74) is 0.976. The molecule has 6 nitrogen and oxygen atoms in total. The van der Waals surface area contributed by atoms with Crippen LogP contribution in [0, 0.1) is 0 Å². The monoisotopic (exact) mass is 344 g/mol. The third-order valence-electron chi connectivity index (χ3n) is 4.78. The maximum atomic E-state index is 10.5. The van der Waals surface area contributed by atoms with E-state index >= 15 is 0 Å². The maximum absolute atomic E-state index is 10.5. The van der Waals surface area contributed by atoms with Gasteiger partial charge in [-0.05, 0) is 12.5 Å². The van der Waals surface area contributed by atoms with Gasteiger partial charge in [0.2, 0.25) is 11.8 Å². The van der Waals surface area contributed by atoms with Crippen molar-refractivity contribution in [2.75, 3.05) is 26.2 Å². The topological polar surface area (TPSA) is 65.6 Å². The van der Waals surface area contributed by atoms with Crippen LogP contribution in [0.15, 0.2) is 34.7 Å². The summed E-state index contributed by atoms with van der Waals surface area (Å²) < 4.78 is 5.71. The van der Waals surface area contributed by atoms with Gasteiger partial charge in [-0.3, -0.25) is 9.80 Å². The Balaban J connectivity index is 1.51. The summed E-state index contributed by atoms with van der Waals surface area (Å²) >= 11 is 0. The number of hydrogen-bond donors (Lipinski definition) is 1. The van der Waals surface area contributed by atoms with Crippen molar-refractivity contribution in [1.82, 2.24) is 20.0 Å². The lowest BCUT2D eigenvalue weighted by atomic mass is 10.1. The number of piperazine rings is 1. The van der Waals surface area contributed by atoms with Crippen molar-refractivity contribution >= 4 is 0 Å². The number of aromatic nitrogens is 2. The minimum atomic E-state index is -0.445. The van der Waals surface area contributed by atoms with Crippen LogP contribution >= 0.6 is 0 Å². The van der Waals surface area contributed by atoms with Crippen LogP contribution in [0.3, 0.4) is 0 Å². The van der Waals surface area contributed by atoms with Crippen LogP contribution in [0.1, 0.15) is 50.1 Å². The zero-order valence-corrected chi connectivity index (χ0v) is 15.3. The van der Waals surface area contributed by atoms with Gasteiger partial charge in [-0.15, -0.1) is 10.2 Å². The average Bonchev–Trinajstić information content (AvgIpc) is 3.07. The summed E-state index contributed by atoms with van der Waals surface area (Å²) in [6.07, 6.45) is -0.445. The van der Waals surface area contributed by atoms with Gasteiger partial charge in [-0.2, -0.15) is 0 Å². The lowest BCUT2D eigenvalue weighted by Gasteiger charge is -2.40. The van der Waals surface area contributed by atoms with E-state index < -0.39 is 6.10 Å². The summed E-state index contributed by atoms with van der Waals surface area (Å²) in [6.45, 7) is 10.5. The molecule has 2 aromatic rings. The first kappa shape index (κ1) is 18.0. The van der Waals surface area contributed by atoms with Gasteiger partial charge in [0.1, 0.15) is 0 Å². The maximum Gasteiger partial charge on any atom is 0.230 e. The highest BCUT2D eigenvalue weighted by Crippen LogP contribution is 2.19. The van der Waals surface area contributed by atoms with Gasteiger partial charge in [-0.25, -0.2) is 0 Å². The van der Waals surface area contributed by atoms with Crippen LogP contribution in [0.2, 0.25) is 0 Å². The first-order valence-electron chi connectivity index (χ1n) is 9.04. The molecule has 6 heteroatoms. The lowest BCUT2D eigenvalue weighted by molar-refractivity contribution is 0.0333. The first-order valence-corrected chi connectivity index (χ1v) is 9.04. The summed E-state index contributed by atoms with van der Waals surface area (Å²) in [5, 5.41) is 18.7. The zero-order chi connectivity index (χ0) is 17.8. The second-order valence-electron chi connectivity index (χ2n) is 7.19. The Hall–Kier alpha value is -1.76. The smallest absolute Gasteiger partial charge is 0.230 e. The van der Waals surface area contributed by atoms with Gasteiger partial charge < -0.3 is 9.52 Å². The van der Waals surface area contributed by atoms with E-state index in [4.69, 9.17) is 4.42 Å². The molecule has 0 bridgehead atoms. The van der Waals surface area contributed by atoms with Crippen LogP contribution in [0.25, 0.3) is 0 Å². The molecule has 1 aliphatic heterocycles. The van der Waals surface area contributed by atoms with Gasteiger partial charge >= 0.3 is 0 Å². The van der Waals surface area contributed by atoms with E-state index in [0.29, 0.717) is 30.9 Å². The second kappa shape index (κ2) is 8.08. The van der Waals surface area contributed by atoms with Crippen molar-refractivity contribution in [3.8, 4) is 0 Å². The van der Waals surface area contributed by atoms with Crippen molar-refractivity contribution in [2.24, 2.45) is 0 Å². The van der Waals surface area contributed by atoms with E-state index in [2.05, 4.69) is 40.8 Å². The molecule has 1 aliphatic rings. The van der Waals surface area contributed by atoms with Crippen LogP contribution in [-0.2, 0) is 6.54 Å². The number of rotatable bonds is 6. The van der Waals surface area contributed by atoms with Crippen LogP contribution in [0.5, 0.6) is 0 Å². The molecule has 25 heavy (non-hydrogen) atoms. The fourth-order valence-electron chi connectivity index (χ4n) is 3.24. The van der Waals surface area contributed by atoms with E-state index in [1.165, 1.54) is 0 Å².